The molecule has 1 N–H and O–H groups in total. The number of hydrogen-bond donors (Lipinski definition) is 1. The van der Waals surface area contributed by atoms with Crippen LogP contribution in [0.25, 0.3) is 0 Å². The molecule has 0 aromatic carbocycles. The van der Waals surface area contributed by atoms with Crippen LogP contribution in [-0.4, -0.2) is 18.1 Å². The molecule has 4 heteroatoms. The highest BCUT2D eigenvalue weighted by molar-refractivity contribution is 7.07. The lowest BCUT2D eigenvalue weighted by molar-refractivity contribution is 0.750. The molecule has 2 aromatic rings. The van der Waals surface area contributed by atoms with Crippen LogP contribution in [-0.2, 0) is 13.1 Å². The van der Waals surface area contributed by atoms with Crippen LogP contribution in [0.15, 0.2) is 35.2 Å². The van der Waals surface area contributed by atoms with Crippen molar-refractivity contribution in [3.05, 3.63) is 46.3 Å². The molecular formula is C15H19N3S. The molecule has 100 valence electrons. The Balaban J connectivity index is 1.87. The number of nitrogens with zero attached hydrogens (tertiary/aromatic N) is 2. The first kappa shape index (κ1) is 12.6. The first-order valence-corrected chi connectivity index (χ1v) is 7.69. The number of anilines is 1. The predicted molar refractivity (Wildman–Crippen MR) is 80.5 cm³/mol. The van der Waals surface area contributed by atoms with E-state index in [0.717, 1.165) is 18.9 Å². The number of thiophene rings is 1. The molecule has 0 spiro atoms. The Hall–Kier alpha value is -1.39. The maximum atomic E-state index is 4.63. The van der Waals surface area contributed by atoms with E-state index in [1.54, 1.807) is 11.3 Å². The van der Waals surface area contributed by atoms with Crippen molar-refractivity contribution in [3.63, 3.8) is 0 Å². The highest BCUT2D eigenvalue weighted by Crippen LogP contribution is 2.33. The van der Waals surface area contributed by atoms with E-state index < -0.39 is 0 Å². The zero-order valence-corrected chi connectivity index (χ0v) is 12.0. The smallest absolute Gasteiger partial charge is 0.133 e. The van der Waals surface area contributed by atoms with E-state index in [-0.39, 0.29) is 0 Å². The van der Waals surface area contributed by atoms with Gasteiger partial charge in [-0.2, -0.15) is 11.3 Å². The minimum Gasteiger partial charge on any atom is -0.349 e. The molecule has 3 nitrogen and oxygen atoms in total. The number of nitrogens with one attached hydrogen (secondary N) is 1. The fraction of sp³-hybridized carbons (Fsp3) is 0.400. The third-order valence-corrected chi connectivity index (χ3v) is 4.16. The van der Waals surface area contributed by atoms with E-state index in [1.165, 1.54) is 24.0 Å². The van der Waals surface area contributed by atoms with Gasteiger partial charge in [0.1, 0.15) is 5.82 Å². The van der Waals surface area contributed by atoms with Gasteiger partial charge in [-0.25, -0.2) is 4.98 Å². The van der Waals surface area contributed by atoms with Gasteiger partial charge in [0.15, 0.2) is 0 Å². The van der Waals surface area contributed by atoms with Gasteiger partial charge in [-0.15, -0.1) is 0 Å². The van der Waals surface area contributed by atoms with E-state index in [9.17, 15) is 0 Å². The summed E-state index contributed by atoms with van der Waals surface area (Å²) in [4.78, 5) is 7.10. The third kappa shape index (κ3) is 2.96. The molecule has 0 amide bonds. The van der Waals surface area contributed by atoms with Gasteiger partial charge < -0.3 is 10.2 Å². The minimum atomic E-state index is 0.672. The molecular weight excluding hydrogens is 254 g/mol. The van der Waals surface area contributed by atoms with Crippen LogP contribution in [0.4, 0.5) is 5.82 Å². The fourth-order valence-corrected chi connectivity index (χ4v) is 3.02. The number of pyridine rings is 1. The standard InChI is InChI=1S/C15H19N3S/c1-16-9-13-3-2-7-17-15(13)18(14-4-5-14)10-12-6-8-19-11-12/h2-3,6-8,11,14,16H,4-5,9-10H2,1H3. The Morgan fingerprint density at radius 1 is 1.42 bits per heavy atom. The summed E-state index contributed by atoms with van der Waals surface area (Å²) >= 11 is 1.76. The molecule has 0 saturated heterocycles. The topological polar surface area (TPSA) is 28.2 Å². The van der Waals surface area contributed by atoms with Crippen molar-refractivity contribution in [1.29, 1.82) is 0 Å². The van der Waals surface area contributed by atoms with E-state index in [2.05, 4.69) is 38.1 Å². The molecule has 19 heavy (non-hydrogen) atoms. The maximum Gasteiger partial charge on any atom is 0.133 e. The maximum absolute atomic E-state index is 4.63. The molecule has 1 fully saturated rings. The molecule has 0 unspecified atom stereocenters. The SMILES string of the molecule is CNCc1cccnc1N(Cc1ccsc1)C1CC1. The Morgan fingerprint density at radius 3 is 3.00 bits per heavy atom. The molecule has 1 saturated carbocycles. The predicted octanol–water partition coefficient (Wildman–Crippen LogP) is 3.03. The number of rotatable bonds is 6. The summed E-state index contributed by atoms with van der Waals surface area (Å²) in [6, 6.07) is 7.07. The van der Waals surface area contributed by atoms with Crippen LogP contribution in [0, 0.1) is 0 Å². The molecule has 0 radical (unpaired) electrons. The highest BCUT2D eigenvalue weighted by atomic mass is 32.1. The van der Waals surface area contributed by atoms with Gasteiger partial charge in [-0.05, 0) is 48.3 Å². The molecule has 0 atom stereocenters. The van der Waals surface area contributed by atoms with Crippen molar-refractivity contribution in [2.24, 2.45) is 0 Å². The van der Waals surface area contributed by atoms with Crippen LogP contribution < -0.4 is 10.2 Å². The lowest BCUT2D eigenvalue weighted by atomic mass is 10.2. The Kier molecular flexibility index (Phi) is 3.80. The quantitative estimate of drug-likeness (QED) is 0.877. The van der Waals surface area contributed by atoms with Crippen molar-refractivity contribution in [2.75, 3.05) is 11.9 Å². The minimum absolute atomic E-state index is 0.672. The molecule has 1 aliphatic rings. The van der Waals surface area contributed by atoms with Gasteiger partial charge in [0.2, 0.25) is 0 Å². The second kappa shape index (κ2) is 5.72. The Labute approximate surface area is 118 Å². The molecule has 3 rings (SSSR count). The lowest BCUT2D eigenvalue weighted by Gasteiger charge is -2.25. The summed E-state index contributed by atoms with van der Waals surface area (Å²) in [5.41, 5.74) is 2.67. The van der Waals surface area contributed by atoms with E-state index in [4.69, 9.17) is 0 Å². The average molecular weight is 273 g/mol. The lowest BCUT2D eigenvalue weighted by Crippen LogP contribution is -2.27. The van der Waals surface area contributed by atoms with Crippen LogP contribution in [0.2, 0.25) is 0 Å². The summed E-state index contributed by atoms with van der Waals surface area (Å²) in [5, 5.41) is 7.61. The molecule has 2 heterocycles. The van der Waals surface area contributed by atoms with E-state index >= 15 is 0 Å². The molecule has 0 bridgehead atoms. The van der Waals surface area contributed by atoms with Crippen molar-refractivity contribution in [1.82, 2.24) is 10.3 Å². The highest BCUT2D eigenvalue weighted by Gasteiger charge is 2.31. The van der Waals surface area contributed by atoms with Crippen LogP contribution in [0.3, 0.4) is 0 Å². The van der Waals surface area contributed by atoms with Gasteiger partial charge in [0, 0.05) is 30.9 Å². The normalized spacial score (nSPS) is 14.6. The third-order valence-electron chi connectivity index (χ3n) is 3.43. The van der Waals surface area contributed by atoms with Crippen LogP contribution >= 0.6 is 11.3 Å². The number of hydrogen-bond acceptors (Lipinski definition) is 4. The summed E-state index contributed by atoms with van der Waals surface area (Å²) in [6.07, 6.45) is 4.48. The Morgan fingerprint density at radius 2 is 2.32 bits per heavy atom. The van der Waals surface area contributed by atoms with Crippen LogP contribution in [0.1, 0.15) is 24.0 Å². The molecule has 2 aromatic heterocycles. The Bertz CT molecular complexity index is 520. The first-order valence-electron chi connectivity index (χ1n) is 6.74. The average Bonchev–Trinajstić information content (AvgIpc) is 3.15. The second-order valence-corrected chi connectivity index (χ2v) is 5.79. The fourth-order valence-electron chi connectivity index (χ4n) is 2.36. The van der Waals surface area contributed by atoms with Gasteiger partial charge in [-0.3, -0.25) is 0 Å². The summed E-state index contributed by atoms with van der Waals surface area (Å²) in [7, 11) is 1.98. The van der Waals surface area contributed by atoms with Crippen molar-refractivity contribution < 1.29 is 0 Å². The van der Waals surface area contributed by atoms with E-state index in [1.807, 2.05) is 19.3 Å². The van der Waals surface area contributed by atoms with Gasteiger partial charge in [0.25, 0.3) is 0 Å². The zero-order chi connectivity index (χ0) is 13.1. The van der Waals surface area contributed by atoms with Crippen molar-refractivity contribution in [3.8, 4) is 0 Å². The van der Waals surface area contributed by atoms with E-state index in [0.29, 0.717) is 6.04 Å². The van der Waals surface area contributed by atoms with Crippen molar-refractivity contribution in [2.45, 2.75) is 32.0 Å². The second-order valence-electron chi connectivity index (χ2n) is 5.01. The summed E-state index contributed by atoms with van der Waals surface area (Å²) in [5.74, 6) is 1.14. The van der Waals surface area contributed by atoms with Crippen molar-refractivity contribution >= 4 is 17.2 Å². The zero-order valence-electron chi connectivity index (χ0n) is 11.2. The van der Waals surface area contributed by atoms with Gasteiger partial charge >= 0.3 is 0 Å². The largest absolute Gasteiger partial charge is 0.349 e. The molecule has 1 aliphatic carbocycles. The number of aromatic nitrogens is 1. The van der Waals surface area contributed by atoms with Gasteiger partial charge in [0.05, 0.1) is 0 Å². The first-order chi connectivity index (χ1) is 9.38. The van der Waals surface area contributed by atoms with Gasteiger partial charge in [-0.1, -0.05) is 6.07 Å². The summed E-state index contributed by atoms with van der Waals surface area (Å²) in [6.45, 7) is 1.85. The van der Waals surface area contributed by atoms with Crippen LogP contribution in [0.5, 0.6) is 0 Å². The molecule has 0 aliphatic heterocycles. The summed E-state index contributed by atoms with van der Waals surface area (Å²) < 4.78 is 0. The monoisotopic (exact) mass is 273 g/mol.